The Kier molecular flexibility index (Phi) is 5.83. The Morgan fingerprint density at radius 1 is 1.25 bits per heavy atom. The molecule has 112 valence electrons. The zero-order chi connectivity index (χ0) is 14.4. The third kappa shape index (κ3) is 4.78. The predicted octanol–water partition coefficient (Wildman–Crippen LogP) is 1.72. The molecule has 1 heterocycles. The molecule has 20 heavy (non-hydrogen) atoms. The number of phenolic OH excluding ortho intramolecular Hbond substituents is 1. The van der Waals surface area contributed by atoms with E-state index in [1.807, 2.05) is 26.2 Å². The molecule has 0 amide bonds. The maximum atomic E-state index is 9.86. The van der Waals surface area contributed by atoms with Crippen molar-refractivity contribution in [2.75, 3.05) is 46.9 Å². The second-order valence-electron chi connectivity index (χ2n) is 5.76. The number of benzene rings is 1. The van der Waals surface area contributed by atoms with Crippen molar-refractivity contribution in [1.29, 1.82) is 0 Å². The average Bonchev–Trinajstić information content (AvgIpc) is 2.43. The Bertz CT molecular complexity index is 415. The summed E-state index contributed by atoms with van der Waals surface area (Å²) in [6, 6.07) is 5.99. The molecule has 0 aliphatic carbocycles. The van der Waals surface area contributed by atoms with E-state index in [-0.39, 0.29) is 0 Å². The van der Waals surface area contributed by atoms with E-state index in [2.05, 4.69) is 15.9 Å². The van der Waals surface area contributed by atoms with Crippen molar-refractivity contribution in [3.63, 3.8) is 0 Å². The molecule has 1 aliphatic rings. The van der Waals surface area contributed by atoms with Gasteiger partial charge in [-0.05, 0) is 45.1 Å². The number of aromatic hydroxyl groups is 1. The number of nitrogens with zero attached hydrogens (tertiary/aromatic N) is 2. The fourth-order valence-electron chi connectivity index (χ4n) is 2.59. The fourth-order valence-corrected chi connectivity index (χ4v) is 2.59. The molecule has 0 spiro atoms. The first-order valence-corrected chi connectivity index (χ1v) is 7.41. The molecular weight excluding hydrogens is 252 g/mol. The summed E-state index contributed by atoms with van der Waals surface area (Å²) in [6.45, 7) is 5.76. The van der Waals surface area contributed by atoms with Crippen molar-refractivity contribution in [1.82, 2.24) is 9.80 Å². The monoisotopic (exact) mass is 278 g/mol. The maximum Gasteiger partial charge on any atom is 0.120 e. The molecule has 0 saturated carbocycles. The smallest absolute Gasteiger partial charge is 0.120 e. The van der Waals surface area contributed by atoms with Crippen molar-refractivity contribution in [3.05, 3.63) is 29.3 Å². The molecule has 1 aromatic rings. The standard InChI is InChI=1S/C16H26N2O2/c1-17(2)13-15-12-14(5-6-16(15)19)4-3-7-18-8-10-20-11-9-18/h5-6,12,19H,3-4,7-11,13H2,1-2H3. The summed E-state index contributed by atoms with van der Waals surface area (Å²) < 4.78 is 5.36. The quantitative estimate of drug-likeness (QED) is 0.859. The summed E-state index contributed by atoms with van der Waals surface area (Å²) in [5.41, 5.74) is 2.33. The third-order valence-electron chi connectivity index (χ3n) is 3.67. The van der Waals surface area contributed by atoms with E-state index < -0.39 is 0 Å². The van der Waals surface area contributed by atoms with Crippen LogP contribution in [0.2, 0.25) is 0 Å². The van der Waals surface area contributed by atoms with Gasteiger partial charge in [-0.2, -0.15) is 0 Å². The number of phenols is 1. The first-order chi connectivity index (χ1) is 9.65. The number of morpholine rings is 1. The van der Waals surface area contributed by atoms with E-state index in [0.29, 0.717) is 5.75 Å². The number of hydrogen-bond donors (Lipinski definition) is 1. The lowest BCUT2D eigenvalue weighted by Crippen LogP contribution is -2.36. The topological polar surface area (TPSA) is 35.9 Å². The molecule has 4 nitrogen and oxygen atoms in total. The van der Waals surface area contributed by atoms with Gasteiger partial charge in [-0.1, -0.05) is 12.1 Å². The van der Waals surface area contributed by atoms with Crippen LogP contribution in [0, 0.1) is 0 Å². The largest absolute Gasteiger partial charge is 0.508 e. The zero-order valence-electron chi connectivity index (χ0n) is 12.6. The average molecular weight is 278 g/mol. The minimum absolute atomic E-state index is 0.399. The molecule has 1 saturated heterocycles. The maximum absolute atomic E-state index is 9.86. The van der Waals surface area contributed by atoms with Gasteiger partial charge in [0.15, 0.2) is 0 Å². The van der Waals surface area contributed by atoms with Crippen LogP contribution >= 0.6 is 0 Å². The number of rotatable bonds is 6. The van der Waals surface area contributed by atoms with Crippen molar-refractivity contribution < 1.29 is 9.84 Å². The third-order valence-corrected chi connectivity index (χ3v) is 3.67. The second kappa shape index (κ2) is 7.62. The van der Waals surface area contributed by atoms with Gasteiger partial charge in [-0.15, -0.1) is 0 Å². The lowest BCUT2D eigenvalue weighted by atomic mass is 10.0. The van der Waals surface area contributed by atoms with E-state index in [1.54, 1.807) is 0 Å². The second-order valence-corrected chi connectivity index (χ2v) is 5.76. The van der Waals surface area contributed by atoms with Gasteiger partial charge in [0.1, 0.15) is 5.75 Å². The van der Waals surface area contributed by atoms with Gasteiger partial charge in [0.05, 0.1) is 13.2 Å². The molecule has 0 radical (unpaired) electrons. The summed E-state index contributed by atoms with van der Waals surface area (Å²) in [5, 5.41) is 9.86. The van der Waals surface area contributed by atoms with Crippen LogP contribution in [-0.2, 0) is 17.7 Å². The van der Waals surface area contributed by atoms with E-state index >= 15 is 0 Å². The fraction of sp³-hybridized carbons (Fsp3) is 0.625. The van der Waals surface area contributed by atoms with E-state index in [0.717, 1.165) is 57.8 Å². The molecule has 4 heteroatoms. The van der Waals surface area contributed by atoms with Crippen molar-refractivity contribution in [2.45, 2.75) is 19.4 Å². The lowest BCUT2D eigenvalue weighted by Gasteiger charge is -2.26. The highest BCUT2D eigenvalue weighted by molar-refractivity contribution is 5.36. The summed E-state index contributed by atoms with van der Waals surface area (Å²) in [4.78, 5) is 4.54. The predicted molar refractivity (Wildman–Crippen MR) is 81.1 cm³/mol. The van der Waals surface area contributed by atoms with Crippen molar-refractivity contribution in [3.8, 4) is 5.75 Å². The summed E-state index contributed by atoms with van der Waals surface area (Å²) in [6.07, 6.45) is 2.23. The molecular formula is C16H26N2O2. The number of hydrogen-bond acceptors (Lipinski definition) is 4. The normalized spacial score (nSPS) is 16.8. The summed E-state index contributed by atoms with van der Waals surface area (Å²) in [7, 11) is 4.04. The molecule has 1 N–H and O–H groups in total. The highest BCUT2D eigenvalue weighted by Gasteiger charge is 2.10. The molecule has 0 bridgehead atoms. The minimum Gasteiger partial charge on any atom is -0.508 e. The van der Waals surface area contributed by atoms with Crippen molar-refractivity contribution in [2.24, 2.45) is 0 Å². The van der Waals surface area contributed by atoms with Crippen LogP contribution in [0.3, 0.4) is 0 Å². The zero-order valence-corrected chi connectivity index (χ0v) is 12.6. The van der Waals surface area contributed by atoms with Crippen molar-refractivity contribution >= 4 is 0 Å². The Balaban J connectivity index is 1.82. The molecule has 2 rings (SSSR count). The van der Waals surface area contributed by atoms with Gasteiger partial charge in [-0.3, -0.25) is 4.90 Å². The van der Waals surface area contributed by atoms with Gasteiger partial charge in [0.25, 0.3) is 0 Å². The Labute approximate surface area is 122 Å². The Morgan fingerprint density at radius 2 is 2.00 bits per heavy atom. The van der Waals surface area contributed by atoms with Crippen LogP contribution < -0.4 is 0 Å². The Morgan fingerprint density at radius 3 is 2.70 bits per heavy atom. The molecule has 1 fully saturated rings. The van der Waals surface area contributed by atoms with Crippen LogP contribution in [0.25, 0.3) is 0 Å². The van der Waals surface area contributed by atoms with Crippen LogP contribution in [-0.4, -0.2) is 61.8 Å². The SMILES string of the molecule is CN(C)Cc1cc(CCCN2CCOCC2)ccc1O. The summed E-state index contributed by atoms with van der Waals surface area (Å²) >= 11 is 0. The lowest BCUT2D eigenvalue weighted by molar-refractivity contribution is 0.0374. The first kappa shape index (κ1) is 15.3. The highest BCUT2D eigenvalue weighted by atomic mass is 16.5. The Hall–Kier alpha value is -1.10. The van der Waals surface area contributed by atoms with Crippen LogP contribution in [0.15, 0.2) is 18.2 Å². The van der Waals surface area contributed by atoms with E-state index in [4.69, 9.17) is 4.74 Å². The van der Waals surface area contributed by atoms with Gasteiger partial charge in [-0.25, -0.2) is 0 Å². The minimum atomic E-state index is 0.399. The number of ether oxygens (including phenoxy) is 1. The van der Waals surface area contributed by atoms with Gasteiger partial charge in [0, 0.05) is 25.2 Å². The molecule has 0 unspecified atom stereocenters. The van der Waals surface area contributed by atoms with E-state index in [1.165, 1.54) is 5.56 Å². The number of aryl methyl sites for hydroxylation is 1. The molecule has 1 aromatic carbocycles. The molecule has 0 atom stereocenters. The molecule has 0 aromatic heterocycles. The van der Waals surface area contributed by atoms with Gasteiger partial charge >= 0.3 is 0 Å². The van der Waals surface area contributed by atoms with Gasteiger partial charge < -0.3 is 14.7 Å². The van der Waals surface area contributed by atoms with E-state index in [9.17, 15) is 5.11 Å². The van der Waals surface area contributed by atoms with Crippen LogP contribution in [0.5, 0.6) is 5.75 Å². The molecule has 1 aliphatic heterocycles. The first-order valence-electron chi connectivity index (χ1n) is 7.41. The van der Waals surface area contributed by atoms with Crippen LogP contribution in [0.4, 0.5) is 0 Å². The van der Waals surface area contributed by atoms with Gasteiger partial charge in [0.2, 0.25) is 0 Å². The highest BCUT2D eigenvalue weighted by Crippen LogP contribution is 2.20. The van der Waals surface area contributed by atoms with Crippen LogP contribution in [0.1, 0.15) is 17.5 Å². The summed E-state index contributed by atoms with van der Waals surface area (Å²) in [5.74, 6) is 0.399.